The van der Waals surface area contributed by atoms with Gasteiger partial charge in [0.1, 0.15) is 5.44 Å². The summed E-state index contributed by atoms with van der Waals surface area (Å²) in [5.74, 6) is 0. The summed E-state index contributed by atoms with van der Waals surface area (Å²) in [6.07, 6.45) is 7.10. The van der Waals surface area contributed by atoms with Crippen LogP contribution in [-0.2, 0) is 9.47 Å². The Labute approximate surface area is 84.4 Å². The molecule has 0 amide bonds. The molecular formula is C10H18O2S. The van der Waals surface area contributed by atoms with Crippen molar-refractivity contribution in [3.63, 3.8) is 0 Å². The van der Waals surface area contributed by atoms with Gasteiger partial charge in [0.15, 0.2) is 0 Å². The lowest BCUT2D eigenvalue weighted by molar-refractivity contribution is -0.0809. The fourth-order valence-corrected chi connectivity index (χ4v) is 2.79. The SMILES string of the molecule is CS[C@H]1CCC2(CCOCC2)CO1. The summed E-state index contributed by atoms with van der Waals surface area (Å²) in [7, 11) is 0. The van der Waals surface area contributed by atoms with Gasteiger partial charge in [-0.25, -0.2) is 0 Å². The van der Waals surface area contributed by atoms with Crippen molar-refractivity contribution in [2.24, 2.45) is 5.41 Å². The van der Waals surface area contributed by atoms with E-state index in [0.29, 0.717) is 10.9 Å². The lowest BCUT2D eigenvalue weighted by Gasteiger charge is -2.42. The van der Waals surface area contributed by atoms with Crippen LogP contribution in [0.3, 0.4) is 0 Å². The summed E-state index contributed by atoms with van der Waals surface area (Å²) in [6.45, 7) is 2.84. The molecule has 0 unspecified atom stereocenters. The van der Waals surface area contributed by atoms with Crippen LogP contribution in [0, 0.1) is 5.41 Å². The van der Waals surface area contributed by atoms with Crippen LogP contribution in [0.25, 0.3) is 0 Å². The molecule has 0 N–H and O–H groups in total. The first-order chi connectivity index (χ1) is 6.35. The molecule has 0 saturated carbocycles. The van der Waals surface area contributed by atoms with Gasteiger partial charge in [-0.3, -0.25) is 0 Å². The summed E-state index contributed by atoms with van der Waals surface area (Å²) in [5.41, 5.74) is 0.929. The zero-order valence-corrected chi connectivity index (χ0v) is 9.07. The average molecular weight is 202 g/mol. The lowest BCUT2D eigenvalue weighted by atomic mass is 9.76. The van der Waals surface area contributed by atoms with Crippen molar-refractivity contribution in [3.8, 4) is 0 Å². The summed E-state index contributed by atoms with van der Waals surface area (Å²) >= 11 is 1.84. The van der Waals surface area contributed by atoms with Crippen LogP contribution in [0.4, 0.5) is 0 Å². The molecule has 0 radical (unpaired) electrons. The van der Waals surface area contributed by atoms with E-state index in [1.165, 1.54) is 25.7 Å². The molecule has 0 bridgehead atoms. The molecule has 2 fully saturated rings. The maximum Gasteiger partial charge on any atom is 0.102 e. The van der Waals surface area contributed by atoms with Gasteiger partial charge in [0.25, 0.3) is 0 Å². The minimum atomic E-state index is 0.452. The van der Waals surface area contributed by atoms with Gasteiger partial charge in [-0.1, -0.05) is 0 Å². The zero-order chi connectivity index (χ0) is 9.15. The van der Waals surface area contributed by atoms with Crippen molar-refractivity contribution in [1.82, 2.24) is 0 Å². The third-order valence-electron chi connectivity index (χ3n) is 3.30. The standard InChI is InChI=1S/C10H18O2S/c1-13-9-2-3-10(8-12-9)4-6-11-7-5-10/h9H,2-8H2,1H3/t9-/m0/s1. The third kappa shape index (κ3) is 2.20. The molecule has 2 saturated heterocycles. The van der Waals surface area contributed by atoms with Crippen LogP contribution in [0.15, 0.2) is 0 Å². The Kier molecular flexibility index (Phi) is 3.17. The molecule has 2 aliphatic heterocycles. The molecule has 3 heteroatoms. The second kappa shape index (κ2) is 4.20. The maximum absolute atomic E-state index is 5.83. The van der Waals surface area contributed by atoms with Gasteiger partial charge < -0.3 is 9.47 Å². The monoisotopic (exact) mass is 202 g/mol. The molecule has 2 aliphatic rings. The quantitative estimate of drug-likeness (QED) is 0.650. The Morgan fingerprint density at radius 2 is 2.00 bits per heavy atom. The van der Waals surface area contributed by atoms with Gasteiger partial charge >= 0.3 is 0 Å². The number of hydrogen-bond acceptors (Lipinski definition) is 3. The van der Waals surface area contributed by atoms with Crippen molar-refractivity contribution in [1.29, 1.82) is 0 Å². The predicted octanol–water partition coefficient (Wildman–Crippen LogP) is 2.28. The number of ether oxygens (including phenoxy) is 2. The van der Waals surface area contributed by atoms with E-state index in [1.807, 2.05) is 11.8 Å². The highest BCUT2D eigenvalue weighted by atomic mass is 32.2. The van der Waals surface area contributed by atoms with E-state index < -0.39 is 0 Å². The minimum absolute atomic E-state index is 0.452. The van der Waals surface area contributed by atoms with Gasteiger partial charge in [0.05, 0.1) is 6.61 Å². The van der Waals surface area contributed by atoms with Crippen LogP contribution in [0.2, 0.25) is 0 Å². The molecule has 1 atom stereocenters. The van der Waals surface area contributed by atoms with Crippen molar-refractivity contribution >= 4 is 11.8 Å². The Balaban J connectivity index is 1.87. The Morgan fingerprint density at radius 3 is 2.54 bits per heavy atom. The molecule has 13 heavy (non-hydrogen) atoms. The fraction of sp³-hybridized carbons (Fsp3) is 1.00. The molecule has 0 aliphatic carbocycles. The molecule has 0 aromatic rings. The van der Waals surface area contributed by atoms with Crippen molar-refractivity contribution < 1.29 is 9.47 Å². The van der Waals surface area contributed by atoms with Crippen LogP contribution in [0.1, 0.15) is 25.7 Å². The largest absolute Gasteiger partial charge is 0.381 e. The van der Waals surface area contributed by atoms with Gasteiger partial charge in [-0.05, 0) is 37.4 Å². The number of rotatable bonds is 1. The van der Waals surface area contributed by atoms with Gasteiger partial charge in [-0.2, -0.15) is 0 Å². The summed E-state index contributed by atoms with van der Waals surface area (Å²) in [5, 5.41) is 0. The molecule has 0 aromatic heterocycles. The van der Waals surface area contributed by atoms with E-state index in [-0.39, 0.29) is 0 Å². The van der Waals surface area contributed by atoms with Gasteiger partial charge in [-0.15, -0.1) is 11.8 Å². The normalized spacial score (nSPS) is 33.5. The molecule has 76 valence electrons. The van der Waals surface area contributed by atoms with Crippen molar-refractivity contribution in [2.75, 3.05) is 26.1 Å². The first kappa shape index (κ1) is 9.81. The number of hydrogen-bond donors (Lipinski definition) is 0. The highest BCUT2D eigenvalue weighted by Gasteiger charge is 2.37. The third-order valence-corrected chi connectivity index (χ3v) is 4.20. The van der Waals surface area contributed by atoms with E-state index >= 15 is 0 Å². The Bertz CT molecular complexity index is 156. The van der Waals surface area contributed by atoms with Crippen LogP contribution in [-0.4, -0.2) is 31.5 Å². The van der Waals surface area contributed by atoms with Crippen molar-refractivity contribution in [2.45, 2.75) is 31.1 Å². The summed E-state index contributed by atoms with van der Waals surface area (Å²) in [6, 6.07) is 0. The van der Waals surface area contributed by atoms with Gasteiger partial charge in [0, 0.05) is 13.2 Å². The average Bonchev–Trinajstić information content (AvgIpc) is 2.20. The van der Waals surface area contributed by atoms with E-state index in [1.54, 1.807) is 0 Å². The van der Waals surface area contributed by atoms with E-state index in [2.05, 4.69) is 6.26 Å². The molecule has 2 nitrogen and oxygen atoms in total. The Morgan fingerprint density at radius 1 is 1.23 bits per heavy atom. The lowest BCUT2D eigenvalue weighted by Crippen LogP contribution is -2.39. The highest BCUT2D eigenvalue weighted by molar-refractivity contribution is 7.99. The molecular weight excluding hydrogens is 184 g/mol. The van der Waals surface area contributed by atoms with Gasteiger partial charge in [0.2, 0.25) is 0 Å². The summed E-state index contributed by atoms with van der Waals surface area (Å²) < 4.78 is 11.2. The van der Waals surface area contributed by atoms with Crippen LogP contribution < -0.4 is 0 Å². The fourth-order valence-electron chi connectivity index (χ4n) is 2.23. The van der Waals surface area contributed by atoms with E-state index in [9.17, 15) is 0 Å². The van der Waals surface area contributed by atoms with Crippen LogP contribution in [0.5, 0.6) is 0 Å². The first-order valence-corrected chi connectivity index (χ1v) is 6.36. The zero-order valence-electron chi connectivity index (χ0n) is 8.25. The predicted molar refractivity (Wildman–Crippen MR) is 55.0 cm³/mol. The summed E-state index contributed by atoms with van der Waals surface area (Å²) in [4.78, 5) is 0. The molecule has 2 rings (SSSR count). The van der Waals surface area contributed by atoms with Crippen molar-refractivity contribution in [3.05, 3.63) is 0 Å². The molecule has 2 heterocycles. The molecule has 0 aromatic carbocycles. The minimum Gasteiger partial charge on any atom is -0.381 e. The topological polar surface area (TPSA) is 18.5 Å². The Hall–Kier alpha value is 0.270. The second-order valence-electron chi connectivity index (χ2n) is 4.13. The highest BCUT2D eigenvalue weighted by Crippen LogP contribution is 2.41. The first-order valence-electron chi connectivity index (χ1n) is 5.07. The van der Waals surface area contributed by atoms with E-state index in [4.69, 9.17) is 9.47 Å². The molecule has 1 spiro atoms. The van der Waals surface area contributed by atoms with Crippen LogP contribution >= 0.6 is 11.8 Å². The smallest absolute Gasteiger partial charge is 0.102 e. The maximum atomic E-state index is 5.83. The van der Waals surface area contributed by atoms with E-state index in [0.717, 1.165) is 19.8 Å². The second-order valence-corrected chi connectivity index (χ2v) is 5.12. The number of thioether (sulfide) groups is 1.